The van der Waals surface area contributed by atoms with Crippen molar-refractivity contribution < 1.29 is 22.8 Å². The van der Waals surface area contributed by atoms with Crippen molar-refractivity contribution in [3.8, 4) is 0 Å². The molecule has 2 heterocycles. The zero-order chi connectivity index (χ0) is 20.3. The third-order valence-electron chi connectivity index (χ3n) is 4.52. The molecular weight excluding hydrogens is 391 g/mol. The molecule has 1 fully saturated rings. The molecule has 0 radical (unpaired) electrons. The highest BCUT2D eigenvalue weighted by Gasteiger charge is 2.35. The highest BCUT2D eigenvalue weighted by Crippen LogP contribution is 2.30. The maximum absolute atomic E-state index is 12.8. The summed E-state index contributed by atoms with van der Waals surface area (Å²) in [6.45, 7) is 2.61. The molecule has 1 aromatic heterocycles. The van der Waals surface area contributed by atoms with Crippen LogP contribution in [0.1, 0.15) is 28.2 Å². The molecule has 1 aromatic carbocycles. The lowest BCUT2D eigenvalue weighted by Crippen LogP contribution is -2.34. The first-order valence-corrected chi connectivity index (χ1v) is 9.73. The van der Waals surface area contributed by atoms with Gasteiger partial charge in [0.15, 0.2) is 0 Å². The summed E-state index contributed by atoms with van der Waals surface area (Å²) in [7, 11) is 0. The summed E-state index contributed by atoms with van der Waals surface area (Å²) < 4.78 is 38.5. The zero-order valence-corrected chi connectivity index (χ0v) is 16.1. The average Bonchev–Trinajstić information content (AvgIpc) is 3.20. The first-order valence-electron chi connectivity index (χ1n) is 8.85. The molecule has 1 atom stereocenters. The normalized spacial score (nSPS) is 17.2. The maximum Gasteiger partial charge on any atom is 0.416 e. The molecule has 0 spiro atoms. The summed E-state index contributed by atoms with van der Waals surface area (Å²) in [5.74, 6) is -0.933. The van der Waals surface area contributed by atoms with Gasteiger partial charge in [-0.25, -0.2) is 4.98 Å². The summed E-state index contributed by atoms with van der Waals surface area (Å²) in [6.07, 6.45) is -3.73. The first kappa shape index (κ1) is 20.3. The number of thiazole rings is 1. The Kier molecular flexibility index (Phi) is 6.02. The van der Waals surface area contributed by atoms with Gasteiger partial charge >= 0.3 is 6.18 Å². The van der Waals surface area contributed by atoms with Crippen molar-refractivity contribution in [2.75, 3.05) is 13.1 Å². The predicted molar refractivity (Wildman–Crippen MR) is 98.5 cm³/mol. The minimum Gasteiger partial charge on any atom is -0.355 e. The van der Waals surface area contributed by atoms with E-state index in [1.165, 1.54) is 22.3 Å². The number of carbonyl (C=O) groups is 2. The van der Waals surface area contributed by atoms with Gasteiger partial charge in [-0.05, 0) is 24.6 Å². The molecule has 0 bridgehead atoms. The minimum absolute atomic E-state index is 0.0604. The molecule has 1 N–H and O–H groups in total. The van der Waals surface area contributed by atoms with Crippen LogP contribution in [-0.2, 0) is 28.7 Å². The topological polar surface area (TPSA) is 62.3 Å². The maximum atomic E-state index is 12.8. The number of nitrogens with one attached hydrogen (secondary N) is 1. The number of hydrogen-bond donors (Lipinski definition) is 1. The Bertz CT molecular complexity index is 866. The highest BCUT2D eigenvalue weighted by molar-refractivity contribution is 7.09. The van der Waals surface area contributed by atoms with E-state index in [0.717, 1.165) is 22.8 Å². The number of alkyl halides is 3. The van der Waals surface area contributed by atoms with Crippen LogP contribution in [0.2, 0.25) is 0 Å². The van der Waals surface area contributed by atoms with Crippen LogP contribution in [0, 0.1) is 12.8 Å². The Morgan fingerprint density at radius 2 is 2.18 bits per heavy atom. The number of nitrogens with zero attached hydrogens (tertiary/aromatic N) is 2. The lowest BCUT2D eigenvalue weighted by atomic mass is 10.1. The van der Waals surface area contributed by atoms with Gasteiger partial charge in [0.2, 0.25) is 11.8 Å². The predicted octanol–water partition coefficient (Wildman–Crippen LogP) is 3.18. The largest absolute Gasteiger partial charge is 0.416 e. The summed E-state index contributed by atoms with van der Waals surface area (Å²) in [5.41, 5.74) is 0.588. The Labute approximate surface area is 164 Å². The molecule has 1 aliphatic heterocycles. The number of amides is 2. The Balaban J connectivity index is 1.52. The number of likely N-dealkylation sites (tertiary alicyclic amines) is 1. The molecule has 150 valence electrons. The van der Waals surface area contributed by atoms with Crippen LogP contribution in [0.3, 0.4) is 0 Å². The van der Waals surface area contributed by atoms with Crippen molar-refractivity contribution in [1.82, 2.24) is 15.2 Å². The lowest BCUT2D eigenvalue weighted by molar-refractivity contribution is -0.137. The molecule has 1 saturated heterocycles. The van der Waals surface area contributed by atoms with Crippen molar-refractivity contribution in [2.24, 2.45) is 5.92 Å². The number of aromatic nitrogens is 1. The average molecular weight is 411 g/mol. The van der Waals surface area contributed by atoms with Crippen LogP contribution < -0.4 is 5.32 Å². The fourth-order valence-electron chi connectivity index (χ4n) is 3.12. The van der Waals surface area contributed by atoms with Crippen LogP contribution in [0.15, 0.2) is 29.6 Å². The van der Waals surface area contributed by atoms with E-state index in [9.17, 15) is 22.8 Å². The number of rotatable bonds is 6. The molecule has 5 nitrogen and oxygen atoms in total. The molecule has 3 rings (SSSR count). The van der Waals surface area contributed by atoms with Gasteiger partial charge in [-0.1, -0.05) is 12.1 Å². The second kappa shape index (κ2) is 8.30. The number of benzene rings is 1. The molecule has 9 heteroatoms. The van der Waals surface area contributed by atoms with Crippen molar-refractivity contribution in [3.63, 3.8) is 0 Å². The smallest absolute Gasteiger partial charge is 0.355 e. The van der Waals surface area contributed by atoms with Gasteiger partial charge in [0, 0.05) is 43.5 Å². The van der Waals surface area contributed by atoms with Crippen molar-refractivity contribution in [2.45, 2.75) is 32.5 Å². The monoisotopic (exact) mass is 411 g/mol. The summed E-state index contributed by atoms with van der Waals surface area (Å²) in [5, 5.41) is 5.70. The Morgan fingerprint density at radius 3 is 2.86 bits per heavy atom. The fraction of sp³-hybridized carbons (Fsp3) is 0.421. The minimum atomic E-state index is -4.43. The van der Waals surface area contributed by atoms with Crippen molar-refractivity contribution in [3.05, 3.63) is 51.5 Å². The molecule has 2 amide bonds. The molecular formula is C19H20F3N3O2S. The SMILES string of the molecule is Cc1csc(CCNC(=O)[C@H]2CC(=O)N(Cc3cccc(C(F)(F)F)c3)C2)n1. The first-order chi connectivity index (χ1) is 13.2. The van der Waals surface area contributed by atoms with E-state index in [-0.39, 0.29) is 31.3 Å². The van der Waals surface area contributed by atoms with Crippen molar-refractivity contribution >= 4 is 23.2 Å². The van der Waals surface area contributed by atoms with E-state index in [4.69, 9.17) is 0 Å². The van der Waals surface area contributed by atoms with E-state index < -0.39 is 17.7 Å². The van der Waals surface area contributed by atoms with E-state index in [1.54, 1.807) is 6.07 Å². The van der Waals surface area contributed by atoms with E-state index in [1.807, 2.05) is 12.3 Å². The van der Waals surface area contributed by atoms with Crippen LogP contribution in [0.5, 0.6) is 0 Å². The number of carbonyl (C=O) groups excluding carboxylic acids is 2. The van der Waals surface area contributed by atoms with Gasteiger partial charge in [-0.3, -0.25) is 9.59 Å². The Morgan fingerprint density at radius 1 is 1.39 bits per heavy atom. The number of aryl methyl sites for hydroxylation is 1. The Hall–Kier alpha value is -2.42. The van der Waals surface area contributed by atoms with Crippen LogP contribution in [0.4, 0.5) is 13.2 Å². The third kappa shape index (κ3) is 5.09. The standard InChI is InChI=1S/C19H20F3N3O2S/c1-12-11-28-16(24-12)5-6-23-18(27)14-8-17(26)25(10-14)9-13-3-2-4-15(7-13)19(20,21)22/h2-4,7,11,14H,5-6,8-10H2,1H3,(H,23,27)/t14-/m0/s1. The lowest BCUT2D eigenvalue weighted by Gasteiger charge is -2.17. The molecule has 0 unspecified atom stereocenters. The summed E-state index contributed by atoms with van der Waals surface area (Å²) >= 11 is 1.53. The van der Waals surface area contributed by atoms with Gasteiger partial charge in [0.25, 0.3) is 0 Å². The van der Waals surface area contributed by atoms with Gasteiger partial charge in [0.05, 0.1) is 16.5 Å². The molecule has 28 heavy (non-hydrogen) atoms. The molecule has 1 aliphatic rings. The summed E-state index contributed by atoms with van der Waals surface area (Å²) in [6, 6.07) is 4.90. The van der Waals surface area contributed by atoms with Gasteiger partial charge in [-0.15, -0.1) is 11.3 Å². The molecule has 2 aromatic rings. The van der Waals surface area contributed by atoms with E-state index in [2.05, 4.69) is 10.3 Å². The second-order valence-corrected chi connectivity index (χ2v) is 7.74. The van der Waals surface area contributed by atoms with E-state index >= 15 is 0 Å². The fourth-order valence-corrected chi connectivity index (χ4v) is 3.90. The van der Waals surface area contributed by atoms with Gasteiger partial charge in [0.1, 0.15) is 0 Å². The number of halogens is 3. The second-order valence-electron chi connectivity index (χ2n) is 6.80. The van der Waals surface area contributed by atoms with Crippen molar-refractivity contribution in [1.29, 1.82) is 0 Å². The highest BCUT2D eigenvalue weighted by atomic mass is 32.1. The summed E-state index contributed by atoms with van der Waals surface area (Å²) in [4.78, 5) is 30.3. The van der Waals surface area contributed by atoms with E-state index in [0.29, 0.717) is 18.5 Å². The quantitative estimate of drug-likeness (QED) is 0.794. The zero-order valence-electron chi connectivity index (χ0n) is 15.3. The van der Waals surface area contributed by atoms with Crippen LogP contribution in [-0.4, -0.2) is 34.8 Å². The molecule has 0 saturated carbocycles. The molecule has 0 aliphatic carbocycles. The third-order valence-corrected chi connectivity index (χ3v) is 5.54. The number of hydrogen-bond acceptors (Lipinski definition) is 4. The van der Waals surface area contributed by atoms with Crippen LogP contribution >= 0.6 is 11.3 Å². The van der Waals surface area contributed by atoms with Gasteiger partial charge < -0.3 is 10.2 Å². The van der Waals surface area contributed by atoms with Gasteiger partial charge in [-0.2, -0.15) is 13.2 Å². The van der Waals surface area contributed by atoms with Crippen LogP contribution in [0.25, 0.3) is 0 Å².